The largest absolute Gasteiger partial charge is 0.497 e. The van der Waals surface area contributed by atoms with Gasteiger partial charge < -0.3 is 15.4 Å². The van der Waals surface area contributed by atoms with Crippen molar-refractivity contribution >= 4 is 11.6 Å². The molecule has 0 radical (unpaired) electrons. The fourth-order valence-electron chi connectivity index (χ4n) is 1.75. The molecule has 2 rings (SSSR count). The van der Waals surface area contributed by atoms with E-state index in [-0.39, 0.29) is 18.0 Å². The first kappa shape index (κ1) is 9.98. The maximum Gasteiger partial charge on any atom is 0.246 e. The molecule has 1 aliphatic rings. The summed E-state index contributed by atoms with van der Waals surface area (Å²) in [6, 6.07) is 7.11. The molecule has 0 saturated carbocycles. The van der Waals surface area contributed by atoms with E-state index in [1.807, 2.05) is 31.2 Å². The van der Waals surface area contributed by atoms with Crippen molar-refractivity contribution in [1.29, 1.82) is 0 Å². The Labute approximate surface area is 88.6 Å². The molecule has 1 aromatic rings. The van der Waals surface area contributed by atoms with Gasteiger partial charge in [-0.15, -0.1) is 0 Å². The lowest BCUT2D eigenvalue weighted by Crippen LogP contribution is -2.67. The molecular formula is C11H14N2O2. The Balaban J connectivity index is 2.20. The lowest BCUT2D eigenvalue weighted by Gasteiger charge is -2.43. The molecule has 80 valence electrons. The zero-order valence-electron chi connectivity index (χ0n) is 8.81. The number of carbonyl (C=O) groups is 1. The van der Waals surface area contributed by atoms with E-state index >= 15 is 0 Å². The third-order valence-corrected chi connectivity index (χ3v) is 2.80. The summed E-state index contributed by atoms with van der Waals surface area (Å²) < 4.78 is 5.05. The van der Waals surface area contributed by atoms with Crippen LogP contribution in [0.15, 0.2) is 24.3 Å². The van der Waals surface area contributed by atoms with Gasteiger partial charge >= 0.3 is 0 Å². The zero-order valence-corrected chi connectivity index (χ0v) is 8.81. The van der Waals surface area contributed by atoms with Crippen LogP contribution in [0.1, 0.15) is 6.92 Å². The number of hydrogen-bond acceptors (Lipinski definition) is 3. The van der Waals surface area contributed by atoms with E-state index in [2.05, 4.69) is 0 Å². The summed E-state index contributed by atoms with van der Waals surface area (Å²) in [5.74, 6) is 0.761. The lowest BCUT2D eigenvalue weighted by atomic mass is 9.97. The number of hydrogen-bond donors (Lipinski definition) is 1. The molecule has 0 aromatic heterocycles. The number of ether oxygens (including phenoxy) is 1. The predicted molar refractivity (Wildman–Crippen MR) is 57.9 cm³/mol. The molecule has 0 spiro atoms. The van der Waals surface area contributed by atoms with E-state index in [4.69, 9.17) is 10.5 Å². The zero-order chi connectivity index (χ0) is 11.0. The van der Waals surface area contributed by atoms with E-state index in [1.54, 1.807) is 12.0 Å². The number of carbonyl (C=O) groups excluding carboxylic acids is 1. The van der Waals surface area contributed by atoms with E-state index in [9.17, 15) is 4.79 Å². The smallest absolute Gasteiger partial charge is 0.246 e. The molecule has 1 aliphatic heterocycles. The second-order valence-electron chi connectivity index (χ2n) is 3.67. The molecular weight excluding hydrogens is 192 g/mol. The first-order valence-electron chi connectivity index (χ1n) is 4.88. The Bertz CT molecular complexity index is 375. The Morgan fingerprint density at radius 3 is 2.40 bits per heavy atom. The highest BCUT2D eigenvalue weighted by atomic mass is 16.5. The molecule has 2 N–H and O–H groups in total. The minimum absolute atomic E-state index is 0.0207. The van der Waals surface area contributed by atoms with Crippen LogP contribution < -0.4 is 15.4 Å². The average molecular weight is 206 g/mol. The third-order valence-electron chi connectivity index (χ3n) is 2.80. The Hall–Kier alpha value is -1.55. The van der Waals surface area contributed by atoms with Crippen molar-refractivity contribution in [2.75, 3.05) is 12.0 Å². The number of methoxy groups -OCH3 is 1. The van der Waals surface area contributed by atoms with E-state index in [0.29, 0.717) is 0 Å². The van der Waals surface area contributed by atoms with Crippen LogP contribution in [0.2, 0.25) is 0 Å². The number of amides is 1. The van der Waals surface area contributed by atoms with Gasteiger partial charge in [0.2, 0.25) is 5.91 Å². The number of rotatable bonds is 2. The summed E-state index contributed by atoms with van der Waals surface area (Å²) in [6.45, 7) is 1.94. The molecule has 1 aromatic carbocycles. The van der Waals surface area contributed by atoms with Gasteiger partial charge in [0.15, 0.2) is 0 Å². The van der Waals surface area contributed by atoms with Gasteiger partial charge in [-0.2, -0.15) is 0 Å². The van der Waals surface area contributed by atoms with Gasteiger partial charge in [0.1, 0.15) is 11.8 Å². The molecule has 0 bridgehead atoms. The summed E-state index contributed by atoms with van der Waals surface area (Å²) in [5.41, 5.74) is 6.50. The monoisotopic (exact) mass is 206 g/mol. The van der Waals surface area contributed by atoms with Crippen molar-refractivity contribution in [1.82, 2.24) is 0 Å². The fraction of sp³-hybridized carbons (Fsp3) is 0.364. The highest BCUT2D eigenvalue weighted by molar-refractivity contribution is 6.05. The summed E-state index contributed by atoms with van der Waals surface area (Å²) in [5, 5.41) is 0. The van der Waals surface area contributed by atoms with Crippen LogP contribution in [-0.4, -0.2) is 25.1 Å². The highest BCUT2D eigenvalue weighted by Gasteiger charge is 2.42. The van der Waals surface area contributed by atoms with Crippen molar-refractivity contribution < 1.29 is 9.53 Å². The van der Waals surface area contributed by atoms with Crippen molar-refractivity contribution in [3.63, 3.8) is 0 Å². The van der Waals surface area contributed by atoms with Gasteiger partial charge in [-0.1, -0.05) is 0 Å². The van der Waals surface area contributed by atoms with E-state index in [1.165, 1.54) is 0 Å². The minimum atomic E-state index is -0.355. The number of anilines is 1. The van der Waals surface area contributed by atoms with Gasteiger partial charge in [-0.3, -0.25) is 4.79 Å². The van der Waals surface area contributed by atoms with Crippen LogP contribution in [0, 0.1) is 0 Å². The van der Waals surface area contributed by atoms with Crippen LogP contribution in [0.4, 0.5) is 5.69 Å². The van der Waals surface area contributed by atoms with Gasteiger partial charge in [-0.05, 0) is 31.2 Å². The predicted octanol–water partition coefficient (Wildman–Crippen LogP) is 0.758. The van der Waals surface area contributed by atoms with Gasteiger partial charge in [0.05, 0.1) is 13.2 Å². The normalized spacial score (nSPS) is 25.0. The molecule has 1 saturated heterocycles. The number of nitrogens with zero attached hydrogens (tertiary/aromatic N) is 1. The highest BCUT2D eigenvalue weighted by Crippen LogP contribution is 2.28. The molecule has 4 nitrogen and oxygen atoms in total. The van der Waals surface area contributed by atoms with E-state index in [0.717, 1.165) is 11.4 Å². The topological polar surface area (TPSA) is 55.6 Å². The van der Waals surface area contributed by atoms with Crippen LogP contribution in [0.5, 0.6) is 5.75 Å². The Kier molecular flexibility index (Phi) is 2.36. The van der Waals surface area contributed by atoms with Crippen molar-refractivity contribution in [3.8, 4) is 5.75 Å². The van der Waals surface area contributed by atoms with E-state index < -0.39 is 0 Å². The minimum Gasteiger partial charge on any atom is -0.497 e. The summed E-state index contributed by atoms with van der Waals surface area (Å²) >= 11 is 0. The molecule has 0 unspecified atom stereocenters. The van der Waals surface area contributed by atoms with Crippen molar-refractivity contribution in [2.24, 2.45) is 5.73 Å². The van der Waals surface area contributed by atoms with Crippen LogP contribution >= 0.6 is 0 Å². The van der Waals surface area contributed by atoms with Gasteiger partial charge in [-0.25, -0.2) is 0 Å². The van der Waals surface area contributed by atoms with Crippen LogP contribution in [0.25, 0.3) is 0 Å². The number of benzene rings is 1. The fourth-order valence-corrected chi connectivity index (χ4v) is 1.75. The Morgan fingerprint density at radius 2 is 1.93 bits per heavy atom. The molecule has 1 heterocycles. The quantitative estimate of drug-likeness (QED) is 0.727. The summed E-state index contributed by atoms with van der Waals surface area (Å²) in [7, 11) is 1.61. The van der Waals surface area contributed by atoms with Gasteiger partial charge in [0, 0.05) is 5.69 Å². The maximum absolute atomic E-state index is 11.5. The first-order valence-corrected chi connectivity index (χ1v) is 4.88. The summed E-state index contributed by atoms with van der Waals surface area (Å²) in [4.78, 5) is 13.2. The molecule has 1 fully saturated rings. The second-order valence-corrected chi connectivity index (χ2v) is 3.67. The number of nitrogens with two attached hydrogens (primary N) is 1. The summed E-state index contributed by atoms with van der Waals surface area (Å²) in [6.07, 6.45) is 0. The first-order chi connectivity index (χ1) is 7.15. The van der Waals surface area contributed by atoms with Gasteiger partial charge in [0.25, 0.3) is 0 Å². The van der Waals surface area contributed by atoms with Crippen LogP contribution in [0.3, 0.4) is 0 Å². The SMILES string of the molecule is COc1ccc(N2C(=O)[C@@H](N)[C@@H]2C)cc1. The maximum atomic E-state index is 11.5. The standard InChI is InChI=1S/C11H14N2O2/c1-7-10(12)11(14)13(7)8-3-5-9(15-2)6-4-8/h3-7,10H,12H2,1-2H3/t7-,10-/m0/s1. The lowest BCUT2D eigenvalue weighted by molar-refractivity contribution is -0.125. The second kappa shape index (κ2) is 3.55. The van der Waals surface area contributed by atoms with Crippen LogP contribution in [-0.2, 0) is 4.79 Å². The molecule has 2 atom stereocenters. The molecule has 1 amide bonds. The molecule has 0 aliphatic carbocycles. The average Bonchev–Trinajstić information content (AvgIpc) is 2.30. The molecule has 4 heteroatoms. The van der Waals surface area contributed by atoms with Crippen molar-refractivity contribution in [3.05, 3.63) is 24.3 Å². The van der Waals surface area contributed by atoms with Crippen molar-refractivity contribution in [2.45, 2.75) is 19.0 Å². The third kappa shape index (κ3) is 1.47. The Morgan fingerprint density at radius 1 is 1.33 bits per heavy atom. The molecule has 15 heavy (non-hydrogen) atoms. The number of β-lactam (4-membered cyclic amide) rings is 1.